The van der Waals surface area contributed by atoms with Gasteiger partial charge in [-0.25, -0.2) is 0 Å². The van der Waals surface area contributed by atoms with E-state index in [0.29, 0.717) is 23.2 Å². The first-order valence-corrected chi connectivity index (χ1v) is 11.4. The molecule has 1 aliphatic rings. The monoisotopic (exact) mass is 482 g/mol. The van der Waals surface area contributed by atoms with E-state index in [1.165, 1.54) is 23.9 Å². The number of alkyl halides is 3. The SMILES string of the molecule is CC1=C=C(Cc2cccc(C(F)(F)F)c2)Sc2c1cccc2-c1cc(C(=O)NCCO)ccn1. The van der Waals surface area contributed by atoms with Gasteiger partial charge >= 0.3 is 6.18 Å². The average molecular weight is 483 g/mol. The number of thioether (sulfide) groups is 1. The lowest BCUT2D eigenvalue weighted by Crippen LogP contribution is -2.26. The van der Waals surface area contributed by atoms with Crippen molar-refractivity contribution in [3.05, 3.63) is 93.7 Å². The molecule has 0 fully saturated rings. The van der Waals surface area contributed by atoms with Crippen LogP contribution in [0.2, 0.25) is 0 Å². The van der Waals surface area contributed by atoms with Crippen molar-refractivity contribution in [2.24, 2.45) is 0 Å². The second kappa shape index (κ2) is 9.89. The number of hydrogen-bond donors (Lipinski definition) is 2. The van der Waals surface area contributed by atoms with Crippen molar-refractivity contribution < 1.29 is 23.1 Å². The number of allylic oxidation sites excluding steroid dienone is 1. The highest BCUT2D eigenvalue weighted by atomic mass is 32.2. The summed E-state index contributed by atoms with van der Waals surface area (Å²) in [5.41, 5.74) is 6.90. The topological polar surface area (TPSA) is 62.2 Å². The molecule has 1 aliphatic heterocycles. The first-order chi connectivity index (χ1) is 16.3. The molecule has 0 unspecified atom stereocenters. The largest absolute Gasteiger partial charge is 0.416 e. The summed E-state index contributed by atoms with van der Waals surface area (Å²) >= 11 is 1.45. The van der Waals surface area contributed by atoms with Crippen LogP contribution >= 0.6 is 11.8 Å². The first-order valence-electron chi connectivity index (χ1n) is 10.6. The third-order valence-corrected chi connectivity index (χ3v) is 6.42. The summed E-state index contributed by atoms with van der Waals surface area (Å²) in [4.78, 5) is 18.5. The minimum Gasteiger partial charge on any atom is -0.395 e. The number of fused-ring (bicyclic) bond motifs is 1. The van der Waals surface area contributed by atoms with E-state index in [1.807, 2.05) is 25.1 Å². The summed E-state index contributed by atoms with van der Waals surface area (Å²) in [6, 6.07) is 14.4. The Morgan fingerprint density at radius 2 is 1.88 bits per heavy atom. The average Bonchev–Trinajstić information content (AvgIpc) is 2.82. The fourth-order valence-corrected chi connectivity index (χ4v) is 4.99. The molecule has 1 amide bonds. The number of amides is 1. The van der Waals surface area contributed by atoms with E-state index in [1.54, 1.807) is 24.4 Å². The maximum atomic E-state index is 13.1. The Morgan fingerprint density at radius 3 is 2.65 bits per heavy atom. The van der Waals surface area contributed by atoms with Crippen molar-refractivity contribution in [1.29, 1.82) is 0 Å². The van der Waals surface area contributed by atoms with Crippen LogP contribution in [0.3, 0.4) is 0 Å². The number of aliphatic hydroxyl groups excluding tert-OH is 1. The lowest BCUT2D eigenvalue weighted by Gasteiger charge is -2.19. The van der Waals surface area contributed by atoms with E-state index in [2.05, 4.69) is 16.0 Å². The Kier molecular flexibility index (Phi) is 6.93. The maximum absolute atomic E-state index is 13.1. The van der Waals surface area contributed by atoms with Crippen molar-refractivity contribution in [2.75, 3.05) is 13.2 Å². The number of nitrogens with one attached hydrogen (secondary N) is 1. The third-order valence-electron chi connectivity index (χ3n) is 5.29. The highest BCUT2D eigenvalue weighted by molar-refractivity contribution is 8.03. The van der Waals surface area contributed by atoms with Crippen molar-refractivity contribution >= 4 is 23.2 Å². The van der Waals surface area contributed by atoms with E-state index in [9.17, 15) is 18.0 Å². The molecule has 2 aromatic carbocycles. The lowest BCUT2D eigenvalue weighted by atomic mass is 10.0. The number of carbonyl (C=O) groups excluding carboxylic acids is 1. The van der Waals surface area contributed by atoms with Gasteiger partial charge in [0.05, 0.1) is 17.9 Å². The predicted octanol–water partition coefficient (Wildman–Crippen LogP) is 5.72. The number of benzene rings is 2. The predicted molar refractivity (Wildman–Crippen MR) is 126 cm³/mol. The molecule has 0 bridgehead atoms. The molecule has 0 atom stereocenters. The highest BCUT2D eigenvalue weighted by Gasteiger charge is 2.30. The Labute approximate surface area is 199 Å². The fraction of sp³-hybridized carbons (Fsp3) is 0.192. The van der Waals surface area contributed by atoms with Crippen molar-refractivity contribution in [1.82, 2.24) is 10.3 Å². The van der Waals surface area contributed by atoms with Crippen molar-refractivity contribution in [3.8, 4) is 11.3 Å². The van der Waals surface area contributed by atoms with Crippen LogP contribution in [0.15, 0.2) is 76.3 Å². The minimum atomic E-state index is -4.39. The Balaban J connectivity index is 1.66. The molecule has 2 heterocycles. The molecule has 2 N–H and O–H groups in total. The van der Waals surface area contributed by atoms with E-state index < -0.39 is 11.7 Å². The molecule has 0 aliphatic carbocycles. The second-order valence-electron chi connectivity index (χ2n) is 7.74. The highest BCUT2D eigenvalue weighted by Crippen LogP contribution is 2.44. The van der Waals surface area contributed by atoms with Gasteiger partial charge in [0.2, 0.25) is 0 Å². The number of aliphatic hydroxyl groups is 1. The van der Waals surface area contributed by atoms with Crippen LogP contribution in [0.4, 0.5) is 13.2 Å². The van der Waals surface area contributed by atoms with Gasteiger partial charge in [0.25, 0.3) is 5.91 Å². The summed E-state index contributed by atoms with van der Waals surface area (Å²) in [6.45, 7) is 1.92. The van der Waals surface area contributed by atoms with Gasteiger partial charge in [-0.2, -0.15) is 13.2 Å². The summed E-state index contributed by atoms with van der Waals surface area (Å²) in [5.74, 6) is -0.309. The summed E-state index contributed by atoms with van der Waals surface area (Å²) in [6.07, 6.45) is -2.52. The van der Waals surface area contributed by atoms with Gasteiger partial charge in [-0.1, -0.05) is 48.2 Å². The maximum Gasteiger partial charge on any atom is 0.416 e. The smallest absolute Gasteiger partial charge is 0.395 e. The van der Waals surface area contributed by atoms with Gasteiger partial charge in [0.15, 0.2) is 0 Å². The Morgan fingerprint density at radius 1 is 1.12 bits per heavy atom. The Bertz CT molecular complexity index is 1310. The first kappa shape index (κ1) is 23.8. The molecular formula is C26H21F3N2O2S. The molecule has 0 radical (unpaired) electrons. The molecule has 0 saturated carbocycles. The number of carbonyl (C=O) groups is 1. The molecule has 0 spiro atoms. The molecule has 3 aromatic rings. The molecule has 8 heteroatoms. The number of aromatic nitrogens is 1. The number of nitrogens with zero attached hydrogens (tertiary/aromatic N) is 1. The summed E-state index contributed by atoms with van der Waals surface area (Å²) < 4.78 is 39.4. The van der Waals surface area contributed by atoms with Crippen LogP contribution in [0.25, 0.3) is 16.8 Å². The number of rotatable bonds is 6. The van der Waals surface area contributed by atoms with Crippen molar-refractivity contribution in [3.63, 3.8) is 0 Å². The molecule has 4 rings (SSSR count). The van der Waals surface area contributed by atoms with Crippen LogP contribution in [0.1, 0.15) is 34.0 Å². The Hall–Kier alpha value is -3.32. The zero-order chi connectivity index (χ0) is 24.3. The fourth-order valence-electron chi connectivity index (χ4n) is 3.68. The van der Waals surface area contributed by atoms with Gasteiger partial charge < -0.3 is 10.4 Å². The van der Waals surface area contributed by atoms with E-state index >= 15 is 0 Å². The van der Waals surface area contributed by atoms with E-state index in [-0.39, 0.29) is 19.1 Å². The van der Waals surface area contributed by atoms with E-state index in [0.717, 1.165) is 32.6 Å². The standard InChI is InChI=1S/C26H21F3N2O2S/c1-16-12-20(14-17-4-2-5-19(13-17)26(27,28)29)34-24-21(16)6-3-7-22(24)23-15-18(8-9-30-23)25(33)31-10-11-32/h2-9,13,15,32H,10-11,14H2,1H3,(H,31,33). The van der Waals surface area contributed by atoms with Crippen LogP contribution in [0.5, 0.6) is 0 Å². The lowest BCUT2D eigenvalue weighted by molar-refractivity contribution is -0.137. The zero-order valence-electron chi connectivity index (χ0n) is 18.2. The zero-order valence-corrected chi connectivity index (χ0v) is 19.1. The molecule has 1 aromatic heterocycles. The van der Waals surface area contributed by atoms with Crippen molar-refractivity contribution in [2.45, 2.75) is 24.4 Å². The van der Waals surface area contributed by atoms with Gasteiger partial charge in [0.1, 0.15) is 0 Å². The second-order valence-corrected chi connectivity index (χ2v) is 8.85. The molecule has 4 nitrogen and oxygen atoms in total. The normalized spacial score (nSPS) is 13.1. The van der Waals surface area contributed by atoms with E-state index in [4.69, 9.17) is 5.11 Å². The van der Waals surface area contributed by atoms with Crippen LogP contribution in [-0.4, -0.2) is 29.1 Å². The van der Waals surface area contributed by atoms with Gasteiger partial charge in [-0.15, -0.1) is 5.73 Å². The van der Waals surface area contributed by atoms with Gasteiger partial charge in [-0.05, 0) is 36.2 Å². The quantitative estimate of drug-likeness (QED) is 0.441. The van der Waals surface area contributed by atoms with Gasteiger partial charge in [0, 0.05) is 45.7 Å². The van der Waals surface area contributed by atoms with Crippen LogP contribution < -0.4 is 5.32 Å². The van der Waals surface area contributed by atoms with Crippen LogP contribution in [-0.2, 0) is 12.6 Å². The minimum absolute atomic E-state index is 0.154. The van der Waals surface area contributed by atoms with Crippen LogP contribution in [0, 0.1) is 0 Å². The third kappa shape index (κ3) is 5.25. The number of hydrogen-bond acceptors (Lipinski definition) is 4. The molecule has 34 heavy (non-hydrogen) atoms. The summed E-state index contributed by atoms with van der Waals surface area (Å²) in [7, 11) is 0. The summed E-state index contributed by atoms with van der Waals surface area (Å²) in [5, 5.41) is 11.6. The number of pyridine rings is 1. The molecule has 0 saturated heterocycles. The molecule has 174 valence electrons. The molecular weight excluding hydrogens is 461 g/mol. The van der Waals surface area contributed by atoms with Gasteiger partial charge in [-0.3, -0.25) is 9.78 Å². The number of halogens is 3.